The van der Waals surface area contributed by atoms with Crippen LogP contribution in [0, 0.1) is 0 Å². The standard InChI is InChI=1S/C14H19NO/c1-2-4-12(5-3-1)13-10-14(16-11-13)6-8-15-9-7-14/h1-2,4,10,15H,3,5-9,11H2. The fraction of sp³-hybridized carbons (Fsp3) is 0.571. The van der Waals surface area contributed by atoms with Crippen molar-refractivity contribution in [2.24, 2.45) is 0 Å². The van der Waals surface area contributed by atoms with Gasteiger partial charge in [-0.15, -0.1) is 0 Å². The van der Waals surface area contributed by atoms with Crippen LogP contribution in [-0.4, -0.2) is 25.3 Å². The Balaban J connectivity index is 1.79. The first-order valence-corrected chi connectivity index (χ1v) is 6.31. The smallest absolute Gasteiger partial charge is 0.0897 e. The zero-order valence-electron chi connectivity index (χ0n) is 9.67. The Morgan fingerprint density at radius 1 is 1.19 bits per heavy atom. The molecule has 1 saturated heterocycles. The molecule has 2 heteroatoms. The summed E-state index contributed by atoms with van der Waals surface area (Å²) in [7, 11) is 0. The number of rotatable bonds is 1. The highest BCUT2D eigenvalue weighted by Gasteiger charge is 2.35. The quantitative estimate of drug-likeness (QED) is 0.728. The number of allylic oxidation sites excluding steroid dienone is 3. The second-order valence-corrected chi connectivity index (χ2v) is 4.93. The molecule has 0 radical (unpaired) electrons. The topological polar surface area (TPSA) is 21.3 Å². The van der Waals surface area contributed by atoms with Crippen LogP contribution < -0.4 is 5.32 Å². The molecule has 2 heterocycles. The summed E-state index contributed by atoms with van der Waals surface area (Å²) in [6.07, 6.45) is 13.7. The van der Waals surface area contributed by atoms with Gasteiger partial charge in [-0.25, -0.2) is 0 Å². The Labute approximate surface area is 97.1 Å². The van der Waals surface area contributed by atoms with Gasteiger partial charge >= 0.3 is 0 Å². The molecule has 0 atom stereocenters. The lowest BCUT2D eigenvalue weighted by Crippen LogP contribution is -2.40. The van der Waals surface area contributed by atoms with Gasteiger partial charge in [0.15, 0.2) is 0 Å². The van der Waals surface area contributed by atoms with Crippen LogP contribution in [0.1, 0.15) is 25.7 Å². The van der Waals surface area contributed by atoms with E-state index in [0.717, 1.165) is 32.5 Å². The first-order valence-electron chi connectivity index (χ1n) is 6.31. The van der Waals surface area contributed by atoms with Gasteiger partial charge in [0.05, 0.1) is 12.2 Å². The summed E-state index contributed by atoms with van der Waals surface area (Å²) in [4.78, 5) is 0. The van der Waals surface area contributed by atoms with Crippen molar-refractivity contribution in [1.29, 1.82) is 0 Å². The summed E-state index contributed by atoms with van der Waals surface area (Å²) in [5.41, 5.74) is 2.98. The molecule has 0 bridgehead atoms. The van der Waals surface area contributed by atoms with Crippen LogP contribution in [0.25, 0.3) is 0 Å². The van der Waals surface area contributed by atoms with Crippen LogP contribution in [0.5, 0.6) is 0 Å². The highest BCUT2D eigenvalue weighted by atomic mass is 16.5. The zero-order chi connectivity index (χ0) is 10.8. The summed E-state index contributed by atoms with van der Waals surface area (Å²) in [6.45, 7) is 2.99. The SMILES string of the molecule is C1=CCCC(C2=CC3(CCNCC3)OC2)=C1. The second kappa shape index (κ2) is 4.19. The lowest BCUT2D eigenvalue weighted by Gasteiger charge is -2.31. The maximum Gasteiger partial charge on any atom is 0.0897 e. The van der Waals surface area contributed by atoms with E-state index in [0.29, 0.717) is 0 Å². The molecule has 3 rings (SSSR count). The highest BCUT2D eigenvalue weighted by Crippen LogP contribution is 2.35. The third kappa shape index (κ3) is 1.87. The Morgan fingerprint density at radius 2 is 2.06 bits per heavy atom. The number of hydrogen-bond acceptors (Lipinski definition) is 2. The molecule has 16 heavy (non-hydrogen) atoms. The van der Waals surface area contributed by atoms with Gasteiger partial charge in [0.2, 0.25) is 0 Å². The van der Waals surface area contributed by atoms with Gasteiger partial charge in [0.25, 0.3) is 0 Å². The predicted octanol–water partition coefficient (Wildman–Crippen LogP) is 2.34. The number of piperidine rings is 1. The van der Waals surface area contributed by atoms with Gasteiger partial charge in [0.1, 0.15) is 0 Å². The third-order valence-electron chi connectivity index (χ3n) is 3.83. The lowest BCUT2D eigenvalue weighted by molar-refractivity contribution is 0.00163. The molecule has 1 aliphatic carbocycles. The summed E-state index contributed by atoms with van der Waals surface area (Å²) in [6, 6.07) is 0. The first-order chi connectivity index (χ1) is 7.88. The minimum absolute atomic E-state index is 0.0581. The second-order valence-electron chi connectivity index (χ2n) is 4.93. The van der Waals surface area contributed by atoms with E-state index < -0.39 is 0 Å². The van der Waals surface area contributed by atoms with Gasteiger partial charge in [-0.1, -0.05) is 18.2 Å². The monoisotopic (exact) mass is 217 g/mol. The molecule has 0 amide bonds. The number of hydrogen-bond donors (Lipinski definition) is 1. The van der Waals surface area contributed by atoms with Gasteiger partial charge in [0, 0.05) is 0 Å². The average molecular weight is 217 g/mol. The molecule has 1 N–H and O–H groups in total. The summed E-state index contributed by atoms with van der Waals surface area (Å²) < 4.78 is 6.05. The van der Waals surface area contributed by atoms with E-state index in [4.69, 9.17) is 4.74 Å². The minimum atomic E-state index is 0.0581. The van der Waals surface area contributed by atoms with Gasteiger partial charge in [-0.3, -0.25) is 0 Å². The largest absolute Gasteiger partial charge is 0.366 e. The number of nitrogens with one attached hydrogen (secondary N) is 1. The van der Waals surface area contributed by atoms with E-state index in [2.05, 4.69) is 29.6 Å². The molecular formula is C14H19NO. The molecule has 0 saturated carbocycles. The average Bonchev–Trinajstić information content (AvgIpc) is 2.75. The maximum atomic E-state index is 6.05. The van der Waals surface area contributed by atoms with Crippen molar-refractivity contribution in [3.8, 4) is 0 Å². The van der Waals surface area contributed by atoms with E-state index in [-0.39, 0.29) is 5.60 Å². The van der Waals surface area contributed by atoms with Crippen LogP contribution in [0.4, 0.5) is 0 Å². The number of ether oxygens (including phenoxy) is 1. The zero-order valence-corrected chi connectivity index (χ0v) is 9.67. The highest BCUT2D eigenvalue weighted by molar-refractivity contribution is 5.40. The van der Waals surface area contributed by atoms with E-state index in [9.17, 15) is 0 Å². The van der Waals surface area contributed by atoms with Gasteiger partial charge in [-0.2, -0.15) is 0 Å². The van der Waals surface area contributed by atoms with Crippen LogP contribution in [0.3, 0.4) is 0 Å². The van der Waals surface area contributed by atoms with E-state index >= 15 is 0 Å². The summed E-state index contributed by atoms with van der Waals surface area (Å²) in [5, 5.41) is 3.40. The van der Waals surface area contributed by atoms with Gasteiger partial charge < -0.3 is 10.1 Å². The van der Waals surface area contributed by atoms with Crippen molar-refractivity contribution in [2.75, 3.05) is 19.7 Å². The Morgan fingerprint density at radius 3 is 2.81 bits per heavy atom. The first kappa shape index (κ1) is 10.3. The molecule has 86 valence electrons. The van der Waals surface area contributed by atoms with E-state index in [1.807, 2.05) is 0 Å². The van der Waals surface area contributed by atoms with Crippen molar-refractivity contribution in [3.05, 3.63) is 35.5 Å². The van der Waals surface area contributed by atoms with Crippen molar-refractivity contribution in [2.45, 2.75) is 31.3 Å². The predicted molar refractivity (Wildman–Crippen MR) is 65.3 cm³/mol. The molecule has 0 aromatic heterocycles. The summed E-state index contributed by atoms with van der Waals surface area (Å²) in [5.74, 6) is 0. The maximum absolute atomic E-state index is 6.05. The van der Waals surface area contributed by atoms with Crippen LogP contribution in [0.15, 0.2) is 35.5 Å². The third-order valence-corrected chi connectivity index (χ3v) is 3.83. The summed E-state index contributed by atoms with van der Waals surface area (Å²) >= 11 is 0. The molecule has 3 aliphatic rings. The van der Waals surface area contributed by atoms with Crippen molar-refractivity contribution in [1.82, 2.24) is 5.32 Å². The van der Waals surface area contributed by atoms with E-state index in [1.54, 1.807) is 0 Å². The molecule has 2 nitrogen and oxygen atoms in total. The van der Waals surface area contributed by atoms with Crippen LogP contribution >= 0.6 is 0 Å². The van der Waals surface area contributed by atoms with Crippen LogP contribution in [0.2, 0.25) is 0 Å². The molecule has 1 fully saturated rings. The molecule has 1 spiro atoms. The molecule has 0 aromatic rings. The Kier molecular flexibility index (Phi) is 2.70. The molecule has 2 aliphatic heterocycles. The Bertz CT molecular complexity index is 359. The normalized spacial score (nSPS) is 28.0. The lowest BCUT2D eigenvalue weighted by atomic mass is 9.89. The van der Waals surface area contributed by atoms with Crippen molar-refractivity contribution < 1.29 is 4.74 Å². The van der Waals surface area contributed by atoms with Crippen molar-refractivity contribution >= 4 is 0 Å². The van der Waals surface area contributed by atoms with Crippen molar-refractivity contribution in [3.63, 3.8) is 0 Å². The molecule has 0 unspecified atom stereocenters. The fourth-order valence-corrected chi connectivity index (χ4v) is 2.82. The fourth-order valence-electron chi connectivity index (χ4n) is 2.82. The minimum Gasteiger partial charge on any atom is -0.366 e. The van der Waals surface area contributed by atoms with Gasteiger partial charge in [-0.05, 0) is 56.0 Å². The Hall–Kier alpha value is -0.860. The molecule has 0 aromatic carbocycles. The van der Waals surface area contributed by atoms with Crippen LogP contribution in [-0.2, 0) is 4.74 Å². The molecular weight excluding hydrogens is 198 g/mol. The van der Waals surface area contributed by atoms with E-state index in [1.165, 1.54) is 24.0 Å².